The van der Waals surface area contributed by atoms with Crippen LogP contribution in [0.2, 0.25) is 0 Å². The zero-order chi connectivity index (χ0) is 12.9. The maximum Gasteiger partial charge on any atom is 0.390 e. The molecule has 0 saturated carbocycles. The van der Waals surface area contributed by atoms with Crippen LogP contribution in [0, 0.1) is 0 Å². The third-order valence-electron chi connectivity index (χ3n) is 2.17. The van der Waals surface area contributed by atoms with Crippen molar-refractivity contribution >= 4 is 5.82 Å². The minimum Gasteiger partial charge on any atom is -0.372 e. The van der Waals surface area contributed by atoms with Gasteiger partial charge in [-0.25, -0.2) is 4.98 Å². The molecular weight excluding hydrogens is 233 g/mol. The summed E-state index contributed by atoms with van der Waals surface area (Å²) in [6.07, 6.45) is -1.83. The monoisotopic (exact) mass is 248 g/mol. The Morgan fingerprint density at radius 2 is 2.00 bits per heavy atom. The summed E-state index contributed by atoms with van der Waals surface area (Å²) in [6, 6.07) is 0. The van der Waals surface area contributed by atoms with Gasteiger partial charge in [0.15, 0.2) is 0 Å². The zero-order valence-corrected chi connectivity index (χ0v) is 9.75. The van der Waals surface area contributed by atoms with Crippen molar-refractivity contribution in [2.75, 3.05) is 26.0 Å². The molecule has 17 heavy (non-hydrogen) atoms. The minimum absolute atomic E-state index is 0.0427. The van der Waals surface area contributed by atoms with Crippen molar-refractivity contribution in [1.29, 1.82) is 0 Å². The van der Waals surface area contributed by atoms with E-state index < -0.39 is 12.6 Å². The Morgan fingerprint density at radius 1 is 1.29 bits per heavy atom. The van der Waals surface area contributed by atoms with Gasteiger partial charge in [-0.2, -0.15) is 13.2 Å². The van der Waals surface area contributed by atoms with Crippen molar-refractivity contribution in [2.24, 2.45) is 0 Å². The van der Waals surface area contributed by atoms with E-state index in [0.29, 0.717) is 18.1 Å². The van der Waals surface area contributed by atoms with E-state index in [-0.39, 0.29) is 6.54 Å². The average Bonchev–Trinajstić information content (AvgIpc) is 2.27. The van der Waals surface area contributed by atoms with Crippen LogP contribution in [0.1, 0.15) is 12.1 Å². The SMILES string of the molecule is CNc1cnc(CN(C)CCC(F)(F)F)cn1. The van der Waals surface area contributed by atoms with Crippen LogP contribution in [0.25, 0.3) is 0 Å². The van der Waals surface area contributed by atoms with Gasteiger partial charge in [0, 0.05) is 20.1 Å². The van der Waals surface area contributed by atoms with E-state index in [1.807, 2.05) is 0 Å². The smallest absolute Gasteiger partial charge is 0.372 e. The van der Waals surface area contributed by atoms with E-state index in [0.717, 1.165) is 0 Å². The molecule has 0 radical (unpaired) electrons. The molecule has 0 atom stereocenters. The normalized spacial score (nSPS) is 11.9. The van der Waals surface area contributed by atoms with Gasteiger partial charge in [-0.15, -0.1) is 0 Å². The maximum atomic E-state index is 12.0. The number of rotatable bonds is 5. The predicted octanol–water partition coefficient (Wildman–Crippen LogP) is 1.90. The second-order valence-corrected chi connectivity index (χ2v) is 3.75. The molecule has 0 spiro atoms. The summed E-state index contributed by atoms with van der Waals surface area (Å²) in [5, 5.41) is 2.82. The number of nitrogens with zero attached hydrogens (tertiary/aromatic N) is 3. The molecule has 7 heteroatoms. The molecule has 0 aliphatic carbocycles. The molecule has 1 rings (SSSR count). The fourth-order valence-electron chi connectivity index (χ4n) is 1.24. The van der Waals surface area contributed by atoms with Crippen LogP contribution in [0.15, 0.2) is 12.4 Å². The topological polar surface area (TPSA) is 41.1 Å². The van der Waals surface area contributed by atoms with Crippen LogP contribution >= 0.6 is 0 Å². The first-order valence-corrected chi connectivity index (χ1v) is 5.14. The number of alkyl halides is 3. The van der Waals surface area contributed by atoms with Crippen molar-refractivity contribution in [2.45, 2.75) is 19.1 Å². The molecule has 96 valence electrons. The Hall–Kier alpha value is -1.37. The molecular formula is C10H15F3N4. The fraction of sp³-hybridized carbons (Fsp3) is 0.600. The van der Waals surface area contributed by atoms with Gasteiger partial charge in [0.1, 0.15) is 5.82 Å². The number of nitrogens with one attached hydrogen (secondary N) is 1. The zero-order valence-electron chi connectivity index (χ0n) is 9.75. The van der Waals surface area contributed by atoms with Crippen LogP contribution < -0.4 is 5.32 Å². The van der Waals surface area contributed by atoms with Gasteiger partial charge >= 0.3 is 6.18 Å². The molecule has 0 aliphatic heterocycles. The third-order valence-corrected chi connectivity index (χ3v) is 2.17. The third kappa shape index (κ3) is 5.48. The predicted molar refractivity (Wildman–Crippen MR) is 58.6 cm³/mol. The van der Waals surface area contributed by atoms with E-state index >= 15 is 0 Å². The number of aromatic nitrogens is 2. The van der Waals surface area contributed by atoms with Gasteiger partial charge in [0.25, 0.3) is 0 Å². The van der Waals surface area contributed by atoms with E-state index in [9.17, 15) is 13.2 Å². The van der Waals surface area contributed by atoms with Gasteiger partial charge < -0.3 is 10.2 Å². The lowest BCUT2D eigenvalue weighted by Crippen LogP contribution is -2.24. The lowest BCUT2D eigenvalue weighted by atomic mass is 10.3. The first kappa shape index (κ1) is 13.7. The Labute approximate surface area is 97.9 Å². The van der Waals surface area contributed by atoms with Gasteiger partial charge in [-0.3, -0.25) is 4.98 Å². The highest BCUT2D eigenvalue weighted by Gasteiger charge is 2.27. The Bertz CT molecular complexity index is 336. The Morgan fingerprint density at radius 3 is 2.47 bits per heavy atom. The van der Waals surface area contributed by atoms with E-state index in [4.69, 9.17) is 0 Å². The molecule has 1 N–H and O–H groups in total. The van der Waals surface area contributed by atoms with E-state index in [2.05, 4.69) is 15.3 Å². The van der Waals surface area contributed by atoms with E-state index in [1.165, 1.54) is 0 Å². The largest absolute Gasteiger partial charge is 0.390 e. The van der Waals surface area contributed by atoms with Crippen LogP contribution in [-0.2, 0) is 6.54 Å². The molecule has 0 unspecified atom stereocenters. The van der Waals surface area contributed by atoms with Gasteiger partial charge in [0.2, 0.25) is 0 Å². The quantitative estimate of drug-likeness (QED) is 0.864. The lowest BCUT2D eigenvalue weighted by Gasteiger charge is -2.16. The first-order chi connectivity index (χ1) is 7.90. The minimum atomic E-state index is -4.12. The Kier molecular flexibility index (Phi) is 4.68. The number of anilines is 1. The standard InChI is InChI=1S/C10H15F3N4/c1-14-9-6-15-8(5-16-9)7-17(2)4-3-10(11,12)13/h5-6H,3-4,7H2,1-2H3,(H,14,16). The first-order valence-electron chi connectivity index (χ1n) is 5.14. The van der Waals surface area contributed by atoms with E-state index in [1.54, 1.807) is 31.4 Å². The molecule has 4 nitrogen and oxygen atoms in total. The summed E-state index contributed by atoms with van der Waals surface area (Å²) in [5.74, 6) is 0.631. The summed E-state index contributed by atoms with van der Waals surface area (Å²) >= 11 is 0. The second kappa shape index (κ2) is 5.81. The van der Waals surface area contributed by atoms with Crippen molar-refractivity contribution in [3.05, 3.63) is 18.1 Å². The highest BCUT2D eigenvalue weighted by atomic mass is 19.4. The molecule has 1 aromatic heterocycles. The van der Waals surface area contributed by atoms with Crippen LogP contribution in [-0.4, -0.2) is 41.7 Å². The highest BCUT2D eigenvalue weighted by molar-refractivity contribution is 5.29. The molecule has 0 amide bonds. The van der Waals surface area contributed by atoms with Crippen molar-refractivity contribution in [3.63, 3.8) is 0 Å². The highest BCUT2D eigenvalue weighted by Crippen LogP contribution is 2.19. The maximum absolute atomic E-state index is 12.0. The number of hydrogen-bond donors (Lipinski definition) is 1. The molecule has 0 bridgehead atoms. The lowest BCUT2D eigenvalue weighted by molar-refractivity contribution is -0.137. The Balaban J connectivity index is 2.42. The molecule has 1 aromatic rings. The summed E-state index contributed by atoms with van der Waals surface area (Å²) in [4.78, 5) is 9.69. The average molecular weight is 248 g/mol. The van der Waals surface area contributed by atoms with Crippen molar-refractivity contribution in [3.8, 4) is 0 Å². The van der Waals surface area contributed by atoms with Crippen LogP contribution in [0.4, 0.5) is 19.0 Å². The van der Waals surface area contributed by atoms with Crippen molar-refractivity contribution < 1.29 is 13.2 Å². The second-order valence-electron chi connectivity index (χ2n) is 3.75. The fourth-order valence-corrected chi connectivity index (χ4v) is 1.24. The molecule has 0 saturated heterocycles. The number of halogens is 3. The molecule has 0 aliphatic rings. The summed E-state index contributed by atoms with van der Waals surface area (Å²) in [7, 11) is 3.35. The van der Waals surface area contributed by atoms with Gasteiger partial charge in [-0.1, -0.05) is 0 Å². The summed E-state index contributed by atoms with van der Waals surface area (Å²) < 4.78 is 36.0. The number of hydrogen-bond acceptors (Lipinski definition) is 4. The summed E-state index contributed by atoms with van der Waals surface area (Å²) in [6.45, 7) is 0.312. The molecule has 0 aromatic carbocycles. The molecule has 0 fully saturated rings. The van der Waals surface area contributed by atoms with Gasteiger partial charge in [-0.05, 0) is 7.05 Å². The summed E-state index contributed by atoms with van der Waals surface area (Å²) in [5.41, 5.74) is 0.647. The van der Waals surface area contributed by atoms with Crippen molar-refractivity contribution in [1.82, 2.24) is 14.9 Å². The van der Waals surface area contributed by atoms with Crippen LogP contribution in [0.5, 0.6) is 0 Å². The molecule has 1 heterocycles. The van der Waals surface area contributed by atoms with Gasteiger partial charge in [0.05, 0.1) is 24.5 Å². The van der Waals surface area contributed by atoms with Crippen LogP contribution in [0.3, 0.4) is 0 Å².